The van der Waals surface area contributed by atoms with E-state index in [0.29, 0.717) is 0 Å². The van der Waals surface area contributed by atoms with Crippen LogP contribution in [-0.4, -0.2) is 18.3 Å². The number of carbonyl (C=O) groups is 1. The van der Waals surface area contributed by atoms with Crippen molar-refractivity contribution >= 4 is 17.7 Å². The molecule has 1 aromatic carbocycles. The summed E-state index contributed by atoms with van der Waals surface area (Å²) in [7, 11) is 1.17. The van der Waals surface area contributed by atoms with Gasteiger partial charge in [-0.3, -0.25) is 0 Å². The molecule has 16 heavy (non-hydrogen) atoms. The van der Waals surface area contributed by atoms with Gasteiger partial charge in [0.1, 0.15) is 0 Å². The van der Waals surface area contributed by atoms with Crippen molar-refractivity contribution in [3.05, 3.63) is 29.3 Å². The number of rotatable bonds is 1. The molecule has 0 aliphatic carbocycles. The van der Waals surface area contributed by atoms with E-state index >= 15 is 0 Å². The fourth-order valence-electron chi connectivity index (χ4n) is 1.46. The van der Waals surface area contributed by atoms with Gasteiger partial charge < -0.3 is 4.74 Å². The molecule has 0 saturated heterocycles. The van der Waals surface area contributed by atoms with E-state index in [0.717, 1.165) is 6.07 Å². The number of carbonyl (C=O) groups excluding carboxylic acids is 1. The van der Waals surface area contributed by atoms with Gasteiger partial charge in [0.15, 0.2) is 6.17 Å². The Hall–Kier alpha value is -1.17. The molecule has 1 atom stereocenters. The minimum atomic E-state index is -3.46. The molecule has 86 valence electrons. The number of hydrogen-bond donors (Lipinski definition) is 0. The fourth-order valence-corrected chi connectivity index (χ4v) is 2.40. The highest BCUT2D eigenvalue weighted by atomic mass is 32.2. The van der Waals surface area contributed by atoms with Crippen molar-refractivity contribution < 1.29 is 22.7 Å². The molecule has 1 aliphatic rings. The van der Waals surface area contributed by atoms with Gasteiger partial charge in [-0.25, -0.2) is 9.18 Å². The first-order valence-electron chi connectivity index (χ1n) is 4.39. The zero-order valence-electron chi connectivity index (χ0n) is 8.17. The van der Waals surface area contributed by atoms with Crippen molar-refractivity contribution in [2.24, 2.45) is 0 Å². The Morgan fingerprint density at radius 1 is 1.50 bits per heavy atom. The van der Waals surface area contributed by atoms with Crippen LogP contribution in [0, 0.1) is 0 Å². The van der Waals surface area contributed by atoms with Crippen LogP contribution in [0.4, 0.5) is 13.2 Å². The normalized spacial score (nSPS) is 21.6. The van der Waals surface area contributed by atoms with Gasteiger partial charge in [0.2, 0.25) is 0 Å². The predicted octanol–water partition coefficient (Wildman–Crippen LogP) is 3.18. The molecule has 0 radical (unpaired) electrons. The summed E-state index contributed by atoms with van der Waals surface area (Å²) in [5.74, 6) is -0.671. The highest BCUT2D eigenvalue weighted by molar-refractivity contribution is 8.00. The molecule has 2 rings (SSSR count). The summed E-state index contributed by atoms with van der Waals surface area (Å²) in [6.07, 6.45) is -2.38. The van der Waals surface area contributed by atoms with Crippen LogP contribution >= 0.6 is 11.8 Å². The second-order valence-electron chi connectivity index (χ2n) is 3.27. The monoisotopic (exact) mass is 248 g/mol. The first-order chi connectivity index (χ1) is 7.45. The Balaban J connectivity index is 2.43. The van der Waals surface area contributed by atoms with Crippen LogP contribution in [0.1, 0.15) is 22.1 Å². The van der Waals surface area contributed by atoms with Gasteiger partial charge in [-0.2, -0.15) is 8.78 Å². The minimum absolute atomic E-state index is 0.0715. The summed E-state index contributed by atoms with van der Waals surface area (Å²) < 4.78 is 43.8. The van der Waals surface area contributed by atoms with E-state index in [9.17, 15) is 18.0 Å². The van der Waals surface area contributed by atoms with Crippen LogP contribution in [0.25, 0.3) is 0 Å². The van der Waals surface area contributed by atoms with Gasteiger partial charge in [0, 0.05) is 10.5 Å². The first kappa shape index (κ1) is 11.3. The molecular formula is C10H7F3O2S. The molecule has 2 nitrogen and oxygen atoms in total. The van der Waals surface area contributed by atoms with E-state index in [-0.39, 0.29) is 27.8 Å². The van der Waals surface area contributed by atoms with Gasteiger partial charge in [-0.15, -0.1) is 0 Å². The van der Waals surface area contributed by atoms with Gasteiger partial charge in [-0.1, -0.05) is 0 Å². The zero-order chi connectivity index (χ0) is 11.9. The Kier molecular flexibility index (Phi) is 2.61. The zero-order valence-corrected chi connectivity index (χ0v) is 8.98. The number of thioether (sulfide) groups is 1. The maximum atomic E-state index is 13.3. The number of fused-ring (bicyclic) bond motifs is 1. The number of ether oxygens (including phenoxy) is 1. The number of benzene rings is 1. The fraction of sp³-hybridized carbons (Fsp3) is 0.300. The SMILES string of the molecule is COC(=O)c1ccc2c(c1)C(F)C(F)(F)S2. The lowest BCUT2D eigenvalue weighted by atomic mass is 10.1. The third-order valence-electron chi connectivity index (χ3n) is 2.25. The third kappa shape index (κ3) is 1.67. The predicted molar refractivity (Wildman–Crippen MR) is 52.4 cm³/mol. The molecule has 6 heteroatoms. The van der Waals surface area contributed by atoms with Crippen molar-refractivity contribution in [2.45, 2.75) is 16.3 Å². The molecule has 0 N–H and O–H groups in total. The van der Waals surface area contributed by atoms with Crippen LogP contribution in [0.2, 0.25) is 0 Å². The second-order valence-corrected chi connectivity index (χ2v) is 4.46. The quantitative estimate of drug-likeness (QED) is 0.714. The number of halogens is 3. The molecule has 0 spiro atoms. The first-order valence-corrected chi connectivity index (χ1v) is 5.20. The lowest BCUT2D eigenvalue weighted by Gasteiger charge is -2.09. The Labute approximate surface area is 93.8 Å². The van der Waals surface area contributed by atoms with Crippen molar-refractivity contribution in [1.29, 1.82) is 0 Å². The van der Waals surface area contributed by atoms with Crippen LogP contribution in [0.15, 0.2) is 23.1 Å². The van der Waals surface area contributed by atoms with Gasteiger partial charge >= 0.3 is 11.2 Å². The number of esters is 1. The van der Waals surface area contributed by atoms with E-state index in [1.807, 2.05) is 0 Å². The van der Waals surface area contributed by atoms with E-state index in [1.165, 1.54) is 19.2 Å². The van der Waals surface area contributed by atoms with Crippen LogP contribution < -0.4 is 0 Å². The topological polar surface area (TPSA) is 26.3 Å². The summed E-state index contributed by atoms with van der Waals surface area (Å²) in [5.41, 5.74) is -0.0832. The molecule has 0 amide bonds. The highest BCUT2D eigenvalue weighted by Gasteiger charge is 2.49. The van der Waals surface area contributed by atoms with Crippen molar-refractivity contribution in [2.75, 3.05) is 7.11 Å². The molecule has 0 aromatic heterocycles. The van der Waals surface area contributed by atoms with E-state index in [2.05, 4.69) is 4.74 Å². The second kappa shape index (κ2) is 3.69. The average molecular weight is 248 g/mol. The maximum Gasteiger partial charge on any atom is 0.337 e. The number of alkyl halides is 3. The third-order valence-corrected chi connectivity index (χ3v) is 3.32. The Bertz CT molecular complexity index is 448. The number of methoxy groups -OCH3 is 1. The molecule has 1 aliphatic heterocycles. The Morgan fingerprint density at radius 2 is 2.19 bits per heavy atom. The largest absolute Gasteiger partial charge is 0.465 e. The van der Waals surface area contributed by atoms with E-state index < -0.39 is 17.4 Å². The number of hydrogen-bond acceptors (Lipinski definition) is 3. The van der Waals surface area contributed by atoms with E-state index in [1.54, 1.807) is 0 Å². The molecular weight excluding hydrogens is 241 g/mol. The van der Waals surface area contributed by atoms with Crippen molar-refractivity contribution in [3.8, 4) is 0 Å². The average Bonchev–Trinajstić information content (AvgIpc) is 2.48. The summed E-state index contributed by atoms with van der Waals surface area (Å²) in [6, 6.07) is 3.76. The highest BCUT2D eigenvalue weighted by Crippen LogP contribution is 2.55. The van der Waals surface area contributed by atoms with Crippen LogP contribution in [0.3, 0.4) is 0 Å². The van der Waals surface area contributed by atoms with Crippen LogP contribution in [-0.2, 0) is 4.74 Å². The summed E-state index contributed by atoms with van der Waals surface area (Å²) in [6.45, 7) is 0. The van der Waals surface area contributed by atoms with Crippen molar-refractivity contribution in [3.63, 3.8) is 0 Å². The summed E-state index contributed by atoms with van der Waals surface area (Å²) >= 11 is 0.169. The lowest BCUT2D eigenvalue weighted by Crippen LogP contribution is -2.12. The Morgan fingerprint density at radius 3 is 2.81 bits per heavy atom. The van der Waals surface area contributed by atoms with Gasteiger partial charge in [0.05, 0.1) is 12.7 Å². The summed E-state index contributed by atoms with van der Waals surface area (Å²) in [4.78, 5) is 11.3. The molecule has 1 aromatic rings. The smallest absolute Gasteiger partial charge is 0.337 e. The maximum absolute atomic E-state index is 13.3. The molecule has 1 heterocycles. The molecule has 0 fully saturated rings. The van der Waals surface area contributed by atoms with E-state index in [4.69, 9.17) is 0 Å². The van der Waals surface area contributed by atoms with Gasteiger partial charge in [-0.05, 0) is 30.0 Å². The lowest BCUT2D eigenvalue weighted by molar-refractivity contribution is 0.0187. The van der Waals surface area contributed by atoms with Crippen LogP contribution in [0.5, 0.6) is 0 Å². The standard InChI is InChI=1S/C10H7F3O2S/c1-15-9(14)5-2-3-7-6(4-5)8(11)10(12,13)16-7/h2-4,8H,1H3. The van der Waals surface area contributed by atoms with Crippen molar-refractivity contribution in [1.82, 2.24) is 0 Å². The summed E-state index contributed by atoms with van der Waals surface area (Å²) in [5, 5.41) is -3.46. The minimum Gasteiger partial charge on any atom is -0.465 e. The molecule has 1 unspecified atom stereocenters. The molecule has 0 saturated carbocycles. The molecule has 0 bridgehead atoms. The van der Waals surface area contributed by atoms with Gasteiger partial charge in [0.25, 0.3) is 0 Å².